The van der Waals surface area contributed by atoms with Gasteiger partial charge in [0, 0.05) is 0 Å². The quantitative estimate of drug-likeness (QED) is 0.297. The van der Waals surface area contributed by atoms with Gasteiger partial charge in [-0.25, -0.2) is 4.99 Å². The number of aryl methyl sites for hydroxylation is 1. The van der Waals surface area contributed by atoms with E-state index in [1.165, 1.54) is 50.4 Å². The molecule has 0 spiro atoms. The smallest absolute Gasteiger partial charge is 0.113 e. The highest BCUT2D eigenvalue weighted by molar-refractivity contribution is 5.59. The number of hydroxylamine groups is 1. The molecule has 0 saturated heterocycles. The van der Waals surface area contributed by atoms with Crippen molar-refractivity contribution >= 4 is 12.0 Å². The Bertz CT molecular complexity index is 333. The van der Waals surface area contributed by atoms with Gasteiger partial charge in [0.05, 0.1) is 5.69 Å². The van der Waals surface area contributed by atoms with Crippen molar-refractivity contribution in [2.45, 2.75) is 51.9 Å². The van der Waals surface area contributed by atoms with Crippen LogP contribution in [0, 0.1) is 0 Å². The first-order valence-corrected chi connectivity index (χ1v) is 6.88. The van der Waals surface area contributed by atoms with E-state index in [9.17, 15) is 0 Å². The van der Waals surface area contributed by atoms with Crippen LogP contribution in [0.1, 0.15) is 51.0 Å². The third-order valence-electron chi connectivity index (χ3n) is 3.03. The predicted molar refractivity (Wildman–Crippen MR) is 76.6 cm³/mol. The first-order chi connectivity index (χ1) is 8.86. The normalized spacial score (nSPS) is 11.0. The van der Waals surface area contributed by atoms with E-state index in [4.69, 9.17) is 5.21 Å². The Labute approximate surface area is 110 Å². The molecule has 0 amide bonds. The lowest BCUT2D eigenvalue weighted by atomic mass is 10.0. The van der Waals surface area contributed by atoms with E-state index in [2.05, 4.69) is 24.0 Å². The van der Waals surface area contributed by atoms with Crippen molar-refractivity contribution < 1.29 is 5.21 Å². The molecule has 0 bridgehead atoms. The lowest BCUT2D eigenvalue weighted by Crippen LogP contribution is -2.00. The highest BCUT2D eigenvalue weighted by Gasteiger charge is 1.95. The molecule has 0 atom stereocenters. The van der Waals surface area contributed by atoms with Crippen molar-refractivity contribution in [1.29, 1.82) is 0 Å². The zero-order valence-electron chi connectivity index (χ0n) is 11.2. The van der Waals surface area contributed by atoms with Crippen molar-refractivity contribution in [3.05, 3.63) is 29.8 Å². The molecule has 0 saturated carbocycles. The molecule has 0 aliphatic carbocycles. The summed E-state index contributed by atoms with van der Waals surface area (Å²) < 4.78 is 0. The average Bonchev–Trinajstić information content (AvgIpc) is 2.42. The van der Waals surface area contributed by atoms with Crippen molar-refractivity contribution in [2.75, 3.05) is 0 Å². The highest BCUT2D eigenvalue weighted by atomic mass is 16.5. The SMILES string of the molecule is CCCCCCCCc1ccc(N=CNO)cc1. The van der Waals surface area contributed by atoms with Crippen molar-refractivity contribution in [3.63, 3.8) is 0 Å². The third-order valence-corrected chi connectivity index (χ3v) is 3.03. The average molecular weight is 248 g/mol. The summed E-state index contributed by atoms with van der Waals surface area (Å²) in [6.07, 6.45) is 10.4. The number of unbranched alkanes of at least 4 members (excludes halogenated alkanes) is 5. The molecule has 18 heavy (non-hydrogen) atoms. The number of rotatable bonds is 9. The summed E-state index contributed by atoms with van der Waals surface area (Å²) in [7, 11) is 0. The second-order valence-corrected chi connectivity index (χ2v) is 4.57. The number of hydrogen-bond acceptors (Lipinski definition) is 2. The maximum absolute atomic E-state index is 8.39. The fourth-order valence-corrected chi connectivity index (χ4v) is 1.96. The van der Waals surface area contributed by atoms with Gasteiger partial charge in [0.2, 0.25) is 0 Å². The van der Waals surface area contributed by atoms with Crippen LogP contribution in [0.5, 0.6) is 0 Å². The molecule has 0 heterocycles. The summed E-state index contributed by atoms with van der Waals surface area (Å²) >= 11 is 0. The van der Waals surface area contributed by atoms with Crippen LogP contribution in [-0.2, 0) is 6.42 Å². The second-order valence-electron chi connectivity index (χ2n) is 4.57. The van der Waals surface area contributed by atoms with Crippen LogP contribution >= 0.6 is 0 Å². The monoisotopic (exact) mass is 248 g/mol. The summed E-state index contributed by atoms with van der Waals surface area (Å²) in [6.45, 7) is 2.25. The van der Waals surface area contributed by atoms with E-state index in [1.54, 1.807) is 0 Å². The summed E-state index contributed by atoms with van der Waals surface area (Å²) in [5, 5.41) is 8.39. The minimum absolute atomic E-state index is 0.850. The first kappa shape index (κ1) is 14.7. The fourth-order valence-electron chi connectivity index (χ4n) is 1.96. The molecule has 0 radical (unpaired) electrons. The zero-order valence-corrected chi connectivity index (χ0v) is 11.2. The Morgan fingerprint density at radius 1 is 1.06 bits per heavy atom. The van der Waals surface area contributed by atoms with Gasteiger partial charge in [0.15, 0.2) is 0 Å². The molecule has 3 nitrogen and oxygen atoms in total. The lowest BCUT2D eigenvalue weighted by Gasteiger charge is -2.02. The minimum atomic E-state index is 0.850. The van der Waals surface area contributed by atoms with Gasteiger partial charge in [-0.2, -0.15) is 0 Å². The van der Waals surface area contributed by atoms with E-state index in [0.717, 1.165) is 12.1 Å². The molecule has 0 fully saturated rings. The van der Waals surface area contributed by atoms with Gasteiger partial charge < -0.3 is 0 Å². The van der Waals surface area contributed by atoms with Gasteiger partial charge in [-0.15, -0.1) is 0 Å². The number of nitrogens with one attached hydrogen (secondary N) is 1. The first-order valence-electron chi connectivity index (χ1n) is 6.88. The fraction of sp³-hybridized carbons (Fsp3) is 0.533. The van der Waals surface area contributed by atoms with Crippen LogP contribution in [0.25, 0.3) is 0 Å². The van der Waals surface area contributed by atoms with Gasteiger partial charge in [-0.05, 0) is 30.5 Å². The molecule has 0 aliphatic rings. The molecule has 1 rings (SSSR count). The molecule has 0 aliphatic heterocycles. The molecule has 0 unspecified atom stereocenters. The number of hydrogen-bond donors (Lipinski definition) is 2. The van der Waals surface area contributed by atoms with Gasteiger partial charge in [0.25, 0.3) is 0 Å². The zero-order chi connectivity index (χ0) is 13.1. The van der Waals surface area contributed by atoms with Gasteiger partial charge in [0.1, 0.15) is 6.34 Å². The van der Waals surface area contributed by atoms with E-state index >= 15 is 0 Å². The van der Waals surface area contributed by atoms with Crippen LogP contribution in [0.15, 0.2) is 29.3 Å². The van der Waals surface area contributed by atoms with E-state index in [0.29, 0.717) is 0 Å². The molecule has 2 N–H and O–H groups in total. The molecule has 1 aromatic rings. The number of benzene rings is 1. The lowest BCUT2D eigenvalue weighted by molar-refractivity contribution is 0.240. The standard InChI is InChI=1S/C15H24N2O/c1-2-3-4-5-6-7-8-14-9-11-15(12-10-14)16-13-17-18/h9-13,18H,2-8H2,1H3,(H,16,17). The Morgan fingerprint density at radius 3 is 2.39 bits per heavy atom. The van der Waals surface area contributed by atoms with E-state index < -0.39 is 0 Å². The van der Waals surface area contributed by atoms with Gasteiger partial charge in [-0.1, -0.05) is 51.2 Å². The maximum atomic E-state index is 8.39. The van der Waals surface area contributed by atoms with Crippen LogP contribution < -0.4 is 5.48 Å². The molecule has 3 heteroatoms. The summed E-state index contributed by atoms with van der Waals surface area (Å²) in [4.78, 5) is 4.01. The molecular formula is C15H24N2O. The topological polar surface area (TPSA) is 44.6 Å². The number of nitrogens with zero attached hydrogens (tertiary/aromatic N) is 1. The maximum Gasteiger partial charge on any atom is 0.113 e. The predicted octanol–water partition coefficient (Wildman–Crippen LogP) is 4.23. The van der Waals surface area contributed by atoms with E-state index in [1.807, 2.05) is 17.6 Å². The summed E-state index contributed by atoms with van der Waals surface area (Å²) in [5.74, 6) is 0. The Morgan fingerprint density at radius 2 is 1.72 bits per heavy atom. The molecule has 100 valence electrons. The van der Waals surface area contributed by atoms with Crippen molar-refractivity contribution in [2.24, 2.45) is 4.99 Å². The molecular weight excluding hydrogens is 224 g/mol. The van der Waals surface area contributed by atoms with Crippen molar-refractivity contribution in [3.8, 4) is 0 Å². The van der Waals surface area contributed by atoms with Crippen LogP contribution in [0.4, 0.5) is 5.69 Å². The van der Waals surface area contributed by atoms with Crippen LogP contribution in [0.2, 0.25) is 0 Å². The van der Waals surface area contributed by atoms with Gasteiger partial charge in [-0.3, -0.25) is 10.7 Å². The minimum Gasteiger partial charge on any atom is -0.290 e. The summed E-state index contributed by atoms with van der Waals surface area (Å²) in [6, 6.07) is 8.16. The van der Waals surface area contributed by atoms with Crippen molar-refractivity contribution in [1.82, 2.24) is 5.48 Å². The third kappa shape index (κ3) is 6.40. The number of aliphatic imine (C=N–C) groups is 1. The second kappa shape index (κ2) is 9.66. The Hall–Kier alpha value is -1.35. The van der Waals surface area contributed by atoms with Crippen LogP contribution in [0.3, 0.4) is 0 Å². The van der Waals surface area contributed by atoms with E-state index in [-0.39, 0.29) is 0 Å². The van der Waals surface area contributed by atoms with Gasteiger partial charge >= 0.3 is 0 Å². The highest BCUT2D eigenvalue weighted by Crippen LogP contribution is 2.15. The molecule has 1 aromatic carbocycles. The molecule has 0 aromatic heterocycles. The largest absolute Gasteiger partial charge is 0.290 e. The Balaban J connectivity index is 2.20. The van der Waals surface area contributed by atoms with Crippen LogP contribution in [-0.4, -0.2) is 11.5 Å². The Kier molecular flexibility index (Phi) is 7.89. The summed E-state index contributed by atoms with van der Waals surface area (Å²) in [5.41, 5.74) is 4.11.